The van der Waals surface area contributed by atoms with Crippen molar-refractivity contribution in [2.45, 2.75) is 13.8 Å². The first kappa shape index (κ1) is 13.9. The van der Waals surface area contributed by atoms with E-state index in [2.05, 4.69) is 41.2 Å². The van der Waals surface area contributed by atoms with Crippen LogP contribution in [-0.2, 0) is 20.1 Å². The minimum Gasteiger partial charge on any atom is -0.283 e. The van der Waals surface area contributed by atoms with Crippen LogP contribution in [0.4, 0.5) is 0 Å². The Labute approximate surface area is 126 Å². The molecule has 0 atom stereocenters. The predicted molar refractivity (Wildman–Crippen MR) is 73.3 cm³/mol. The Morgan fingerprint density at radius 1 is 0.947 bits per heavy atom. The molecule has 0 spiro atoms. The summed E-state index contributed by atoms with van der Waals surface area (Å²) >= 11 is 0. The van der Waals surface area contributed by atoms with Crippen LogP contribution in [0.25, 0.3) is 22.2 Å². The van der Waals surface area contributed by atoms with Crippen molar-refractivity contribution in [3.05, 3.63) is 59.9 Å². The molecule has 3 heteroatoms. The quantitative estimate of drug-likeness (QED) is 0.556. The van der Waals surface area contributed by atoms with Gasteiger partial charge in [-0.1, -0.05) is 25.1 Å². The van der Waals surface area contributed by atoms with E-state index in [1.807, 2.05) is 31.2 Å². The molecule has 97 valence electrons. The van der Waals surface area contributed by atoms with Gasteiger partial charge in [0.25, 0.3) is 0 Å². The van der Waals surface area contributed by atoms with Gasteiger partial charge in [-0.3, -0.25) is 4.98 Å². The van der Waals surface area contributed by atoms with Crippen LogP contribution in [0.5, 0.6) is 0 Å². The van der Waals surface area contributed by atoms with Crippen molar-refractivity contribution >= 4 is 10.9 Å². The summed E-state index contributed by atoms with van der Waals surface area (Å²) in [4.78, 5) is 9.01. The third-order valence-electron chi connectivity index (χ3n) is 2.94. The average Bonchev–Trinajstić information content (AvgIpc) is 2.38. The first-order valence-electron chi connectivity index (χ1n) is 5.96. The number of nitrogens with zero attached hydrogens (tertiary/aromatic N) is 2. The number of aromatic nitrogens is 2. The Morgan fingerprint density at radius 2 is 1.74 bits per heavy atom. The zero-order valence-electron chi connectivity index (χ0n) is 10.8. The third kappa shape index (κ3) is 2.73. The van der Waals surface area contributed by atoms with E-state index >= 15 is 0 Å². The van der Waals surface area contributed by atoms with Crippen LogP contribution >= 0.6 is 0 Å². The Bertz CT molecular complexity index is 706. The summed E-state index contributed by atoms with van der Waals surface area (Å²) in [5.41, 5.74) is 4.16. The van der Waals surface area contributed by atoms with E-state index in [4.69, 9.17) is 0 Å². The van der Waals surface area contributed by atoms with Crippen molar-refractivity contribution in [2.24, 2.45) is 0 Å². The van der Waals surface area contributed by atoms with E-state index < -0.39 is 0 Å². The van der Waals surface area contributed by atoms with Crippen molar-refractivity contribution < 1.29 is 20.1 Å². The van der Waals surface area contributed by atoms with Crippen molar-refractivity contribution in [3.63, 3.8) is 0 Å². The van der Waals surface area contributed by atoms with Crippen LogP contribution in [0.3, 0.4) is 0 Å². The fourth-order valence-corrected chi connectivity index (χ4v) is 2.05. The number of rotatable bonds is 1. The van der Waals surface area contributed by atoms with Gasteiger partial charge in [-0.15, -0.1) is 35.4 Å². The van der Waals surface area contributed by atoms with Gasteiger partial charge in [0.15, 0.2) is 0 Å². The molecule has 3 aromatic rings. The van der Waals surface area contributed by atoms with Crippen LogP contribution in [0, 0.1) is 19.9 Å². The summed E-state index contributed by atoms with van der Waals surface area (Å²) in [6.07, 6.45) is 0. The predicted octanol–water partition coefficient (Wildman–Crippen LogP) is 3.71. The molecule has 0 aliphatic carbocycles. The SMILES string of the molecule is Cc1c[c-]c(-c2nc(C)nc3ccccc23)cc1.[Ir]. The van der Waals surface area contributed by atoms with E-state index in [0.29, 0.717) is 0 Å². The molecule has 0 aliphatic rings. The van der Waals surface area contributed by atoms with E-state index in [1.54, 1.807) is 0 Å². The van der Waals surface area contributed by atoms with Crippen molar-refractivity contribution in [2.75, 3.05) is 0 Å². The summed E-state index contributed by atoms with van der Waals surface area (Å²) in [6.45, 7) is 3.98. The van der Waals surface area contributed by atoms with Gasteiger partial charge in [0.05, 0.1) is 5.52 Å². The molecule has 2 aromatic carbocycles. The van der Waals surface area contributed by atoms with Gasteiger partial charge in [0.2, 0.25) is 0 Å². The number of fused-ring (bicyclic) bond motifs is 1. The van der Waals surface area contributed by atoms with Crippen LogP contribution in [0.1, 0.15) is 11.4 Å². The van der Waals surface area contributed by atoms with E-state index in [1.165, 1.54) is 5.56 Å². The van der Waals surface area contributed by atoms with Crippen LogP contribution in [0.2, 0.25) is 0 Å². The minimum atomic E-state index is 0. The molecule has 0 N–H and O–H groups in total. The molecule has 1 radical (unpaired) electrons. The maximum Gasteiger partial charge on any atom is 0.116 e. The molecule has 19 heavy (non-hydrogen) atoms. The summed E-state index contributed by atoms with van der Waals surface area (Å²) in [5.74, 6) is 0.790. The monoisotopic (exact) mass is 426 g/mol. The summed E-state index contributed by atoms with van der Waals surface area (Å²) in [5, 5.41) is 1.07. The molecule has 0 saturated carbocycles. The summed E-state index contributed by atoms with van der Waals surface area (Å²) < 4.78 is 0. The van der Waals surface area contributed by atoms with Crippen molar-refractivity contribution in [1.82, 2.24) is 9.97 Å². The Kier molecular flexibility index (Phi) is 4.08. The Balaban J connectivity index is 0.00000133. The van der Waals surface area contributed by atoms with Crippen molar-refractivity contribution in [1.29, 1.82) is 0 Å². The van der Waals surface area contributed by atoms with E-state index in [0.717, 1.165) is 28.0 Å². The molecule has 0 saturated heterocycles. The van der Waals surface area contributed by atoms with Gasteiger partial charge in [0.1, 0.15) is 5.82 Å². The van der Waals surface area contributed by atoms with Gasteiger partial charge < -0.3 is 0 Å². The molecule has 0 bridgehead atoms. The standard InChI is InChI=1S/C16H13N2.Ir/c1-11-7-9-13(10-8-11)16-14-5-3-4-6-15(14)17-12(2)18-16;/h3-9H,1-2H3;/q-1;. The zero-order valence-corrected chi connectivity index (χ0v) is 13.2. The smallest absolute Gasteiger partial charge is 0.116 e. The number of benzene rings is 2. The molecule has 3 rings (SSSR count). The third-order valence-corrected chi connectivity index (χ3v) is 2.94. The number of hydrogen-bond donors (Lipinski definition) is 0. The molecule has 0 aliphatic heterocycles. The molecular weight excluding hydrogens is 412 g/mol. The second kappa shape index (κ2) is 5.60. The fourth-order valence-electron chi connectivity index (χ4n) is 2.05. The second-order valence-electron chi connectivity index (χ2n) is 4.42. The molecular formula is C16H13IrN2-. The number of aryl methyl sites for hydroxylation is 2. The normalized spacial score (nSPS) is 10.2. The van der Waals surface area contributed by atoms with Crippen LogP contribution < -0.4 is 0 Å². The minimum absolute atomic E-state index is 0. The average molecular weight is 426 g/mol. The molecule has 1 heterocycles. The second-order valence-corrected chi connectivity index (χ2v) is 4.42. The van der Waals surface area contributed by atoms with Gasteiger partial charge in [-0.25, -0.2) is 4.98 Å². The summed E-state index contributed by atoms with van der Waals surface area (Å²) in [7, 11) is 0. The Hall–Kier alpha value is -1.57. The number of hydrogen-bond acceptors (Lipinski definition) is 2. The Morgan fingerprint density at radius 3 is 2.47 bits per heavy atom. The molecule has 0 amide bonds. The van der Waals surface area contributed by atoms with Gasteiger partial charge in [0, 0.05) is 20.1 Å². The zero-order chi connectivity index (χ0) is 12.5. The van der Waals surface area contributed by atoms with E-state index in [9.17, 15) is 0 Å². The fraction of sp³-hybridized carbons (Fsp3) is 0.125. The molecule has 1 aromatic heterocycles. The maximum atomic E-state index is 4.56. The van der Waals surface area contributed by atoms with Crippen molar-refractivity contribution in [3.8, 4) is 11.3 Å². The van der Waals surface area contributed by atoms with Crippen LogP contribution in [0.15, 0.2) is 42.5 Å². The van der Waals surface area contributed by atoms with E-state index in [-0.39, 0.29) is 20.1 Å². The molecule has 2 nitrogen and oxygen atoms in total. The molecule has 0 unspecified atom stereocenters. The first-order chi connectivity index (χ1) is 8.74. The van der Waals surface area contributed by atoms with Crippen LogP contribution in [-0.4, -0.2) is 9.97 Å². The van der Waals surface area contributed by atoms with Gasteiger partial charge in [-0.05, 0) is 24.1 Å². The topological polar surface area (TPSA) is 25.8 Å². The largest absolute Gasteiger partial charge is 0.283 e. The maximum absolute atomic E-state index is 4.56. The number of para-hydroxylation sites is 1. The van der Waals surface area contributed by atoms with Gasteiger partial charge >= 0.3 is 0 Å². The first-order valence-corrected chi connectivity index (χ1v) is 5.96. The van der Waals surface area contributed by atoms with Gasteiger partial charge in [-0.2, -0.15) is 0 Å². The molecule has 0 fully saturated rings. The summed E-state index contributed by atoms with van der Waals surface area (Å²) in [6, 6.07) is 17.5.